The van der Waals surface area contributed by atoms with Crippen molar-refractivity contribution in [2.75, 3.05) is 32.6 Å². The van der Waals surface area contributed by atoms with Crippen molar-refractivity contribution in [3.8, 4) is 39.5 Å². The molecule has 1 unspecified atom stereocenters. The van der Waals surface area contributed by atoms with Crippen LogP contribution in [0, 0.1) is 11.2 Å². The number of imidazole rings is 1. The monoisotopic (exact) mass is 609 g/mol. The number of likely N-dealkylation sites (N-methyl/N-ethyl adjacent to an activating group) is 1. The minimum absolute atomic E-state index is 0.0303. The first-order valence-corrected chi connectivity index (χ1v) is 14.7. The number of fused-ring (bicyclic) bond motifs is 2. The Morgan fingerprint density at radius 3 is 2.62 bits per heavy atom. The number of rotatable bonds is 10. The molecule has 5 aromatic heterocycles. The van der Waals surface area contributed by atoms with E-state index in [0.717, 1.165) is 16.5 Å². The Morgan fingerprint density at radius 2 is 1.82 bits per heavy atom. The minimum atomic E-state index is -0.704. The molecule has 5 heterocycles. The summed E-state index contributed by atoms with van der Waals surface area (Å²) in [5.74, 6) is 0.539. The van der Waals surface area contributed by atoms with E-state index in [4.69, 9.17) is 9.72 Å². The van der Waals surface area contributed by atoms with Gasteiger partial charge in [-0.15, -0.1) is 0 Å². The van der Waals surface area contributed by atoms with Crippen LogP contribution in [0.4, 0.5) is 10.1 Å². The quantitative estimate of drug-likeness (QED) is 0.140. The summed E-state index contributed by atoms with van der Waals surface area (Å²) < 4.78 is 20.5. The molecule has 6 rings (SSSR count). The number of nitrogens with one attached hydrogen (secondary N) is 3. The predicted octanol–water partition coefficient (Wildman–Crippen LogP) is 5.87. The van der Waals surface area contributed by atoms with Gasteiger partial charge in [0.2, 0.25) is 0 Å². The molecule has 1 aromatic carbocycles. The standard InChI is InChI=1S/C33H36FN9O2/c1-33(2,3)15-27(44)38-23-11-20(16-35-18-23)21-13-26-29(41-42-30(26)37-17-21)32-39-28-25(6-7-36-31(28)40-32)19-10-22(34)14-24(12-19)45-9-8-43(4)5/h6-7,10-14,16-18,27,38,44H,8-9,15H2,1-5H3,(H,36,39,40)(H,37,41,42). The third-order valence-electron chi connectivity index (χ3n) is 7.23. The number of aromatic nitrogens is 7. The van der Waals surface area contributed by atoms with Crippen molar-refractivity contribution in [3.05, 3.63) is 67.0 Å². The van der Waals surface area contributed by atoms with Crippen molar-refractivity contribution in [3.63, 3.8) is 0 Å². The maximum absolute atomic E-state index is 14.7. The zero-order valence-corrected chi connectivity index (χ0v) is 25.9. The van der Waals surface area contributed by atoms with E-state index in [1.54, 1.807) is 36.9 Å². The van der Waals surface area contributed by atoms with Crippen molar-refractivity contribution < 1.29 is 14.2 Å². The summed E-state index contributed by atoms with van der Waals surface area (Å²) in [7, 11) is 3.91. The number of benzene rings is 1. The number of anilines is 1. The summed E-state index contributed by atoms with van der Waals surface area (Å²) in [6.07, 6.45) is 6.72. The Bertz CT molecular complexity index is 1960. The normalized spacial score (nSPS) is 12.7. The van der Waals surface area contributed by atoms with Gasteiger partial charge in [-0.05, 0) is 61.8 Å². The average molecular weight is 610 g/mol. The van der Waals surface area contributed by atoms with E-state index in [1.807, 2.05) is 31.1 Å². The SMILES string of the molecule is CN(C)CCOc1cc(F)cc(-c2ccnc3[nH]c(-c4n[nH]c5ncc(-c6cncc(NC(O)CC(C)(C)C)c6)cc45)nc23)c1. The maximum Gasteiger partial charge on any atom is 0.161 e. The highest BCUT2D eigenvalue weighted by molar-refractivity contribution is 5.96. The van der Waals surface area contributed by atoms with Gasteiger partial charge in [0.1, 0.15) is 35.6 Å². The van der Waals surface area contributed by atoms with Crippen molar-refractivity contribution in [1.29, 1.82) is 0 Å². The molecule has 4 N–H and O–H groups in total. The number of pyridine rings is 3. The highest BCUT2D eigenvalue weighted by Gasteiger charge is 2.19. The summed E-state index contributed by atoms with van der Waals surface area (Å²) in [6.45, 7) is 7.38. The van der Waals surface area contributed by atoms with Gasteiger partial charge in [0.25, 0.3) is 0 Å². The third-order valence-corrected chi connectivity index (χ3v) is 7.23. The van der Waals surface area contributed by atoms with Gasteiger partial charge in [0.05, 0.1) is 17.3 Å². The first kappa shape index (κ1) is 30.1. The zero-order valence-electron chi connectivity index (χ0n) is 25.9. The second kappa shape index (κ2) is 12.2. The van der Waals surface area contributed by atoms with Crippen LogP contribution in [0.1, 0.15) is 27.2 Å². The molecule has 232 valence electrons. The number of aromatic amines is 2. The number of hydrogen-bond donors (Lipinski definition) is 4. The second-order valence-corrected chi connectivity index (χ2v) is 12.5. The molecule has 11 nitrogen and oxygen atoms in total. The van der Waals surface area contributed by atoms with Crippen LogP contribution in [0.2, 0.25) is 0 Å². The van der Waals surface area contributed by atoms with Gasteiger partial charge in [-0.25, -0.2) is 19.3 Å². The van der Waals surface area contributed by atoms with Gasteiger partial charge in [-0.2, -0.15) is 5.10 Å². The molecule has 0 fully saturated rings. The first-order valence-electron chi connectivity index (χ1n) is 14.7. The molecule has 0 saturated heterocycles. The lowest BCUT2D eigenvalue weighted by atomic mass is 9.91. The molecular weight excluding hydrogens is 573 g/mol. The van der Waals surface area contributed by atoms with E-state index in [1.165, 1.54) is 12.1 Å². The molecular formula is C33H36FN9O2. The number of ether oxygens (including phenoxy) is 1. The minimum Gasteiger partial charge on any atom is -0.492 e. The fourth-order valence-electron chi connectivity index (χ4n) is 5.15. The summed E-state index contributed by atoms with van der Waals surface area (Å²) in [5, 5.41) is 21.9. The van der Waals surface area contributed by atoms with Gasteiger partial charge < -0.3 is 25.0 Å². The smallest absolute Gasteiger partial charge is 0.161 e. The Morgan fingerprint density at radius 1 is 1.00 bits per heavy atom. The van der Waals surface area contributed by atoms with Crippen LogP contribution in [0.3, 0.4) is 0 Å². The molecule has 0 saturated carbocycles. The number of H-pyrrole nitrogens is 2. The molecule has 1 atom stereocenters. The molecule has 0 aliphatic rings. The van der Waals surface area contributed by atoms with Crippen molar-refractivity contribution in [2.45, 2.75) is 33.4 Å². The van der Waals surface area contributed by atoms with Crippen LogP contribution >= 0.6 is 0 Å². The van der Waals surface area contributed by atoms with Gasteiger partial charge >= 0.3 is 0 Å². The molecule has 0 spiro atoms. The summed E-state index contributed by atoms with van der Waals surface area (Å²) in [6, 6.07) is 10.3. The fraction of sp³-hybridized carbons (Fsp3) is 0.303. The zero-order chi connectivity index (χ0) is 31.7. The van der Waals surface area contributed by atoms with Crippen LogP contribution in [-0.2, 0) is 0 Å². The molecule has 0 amide bonds. The molecule has 0 radical (unpaired) electrons. The Balaban J connectivity index is 1.32. The number of hydrogen-bond acceptors (Lipinski definition) is 9. The van der Waals surface area contributed by atoms with Crippen molar-refractivity contribution in [2.24, 2.45) is 5.41 Å². The molecule has 0 bridgehead atoms. The van der Waals surface area contributed by atoms with Gasteiger partial charge in [-0.3, -0.25) is 10.1 Å². The average Bonchev–Trinajstić information content (AvgIpc) is 3.59. The largest absolute Gasteiger partial charge is 0.492 e. The highest BCUT2D eigenvalue weighted by Crippen LogP contribution is 2.34. The molecule has 0 aliphatic heterocycles. The lowest BCUT2D eigenvalue weighted by Crippen LogP contribution is -2.25. The molecule has 12 heteroatoms. The Kier molecular flexibility index (Phi) is 8.17. The van der Waals surface area contributed by atoms with Gasteiger partial charge in [-0.1, -0.05) is 20.8 Å². The topological polar surface area (TPSA) is 141 Å². The maximum atomic E-state index is 14.7. The van der Waals surface area contributed by atoms with Crippen LogP contribution in [-0.4, -0.2) is 78.6 Å². The van der Waals surface area contributed by atoms with Crippen molar-refractivity contribution >= 4 is 27.9 Å². The fourth-order valence-corrected chi connectivity index (χ4v) is 5.15. The summed E-state index contributed by atoms with van der Waals surface area (Å²) >= 11 is 0. The van der Waals surface area contributed by atoms with E-state index < -0.39 is 12.0 Å². The van der Waals surface area contributed by atoms with Crippen LogP contribution in [0.5, 0.6) is 5.75 Å². The van der Waals surface area contributed by atoms with E-state index in [2.05, 4.69) is 56.2 Å². The Labute approximate surface area is 259 Å². The number of nitrogens with zero attached hydrogens (tertiary/aromatic N) is 6. The van der Waals surface area contributed by atoms with E-state index in [-0.39, 0.29) is 5.41 Å². The summed E-state index contributed by atoms with van der Waals surface area (Å²) in [5.41, 5.74) is 5.94. The first-order chi connectivity index (χ1) is 21.5. The second-order valence-electron chi connectivity index (χ2n) is 12.5. The van der Waals surface area contributed by atoms with Gasteiger partial charge in [0, 0.05) is 47.9 Å². The number of halogens is 1. The highest BCUT2D eigenvalue weighted by atomic mass is 19.1. The van der Waals surface area contributed by atoms with Gasteiger partial charge in [0.15, 0.2) is 17.1 Å². The van der Waals surface area contributed by atoms with Crippen LogP contribution in [0.15, 0.2) is 61.2 Å². The number of aliphatic hydroxyl groups excluding tert-OH is 1. The summed E-state index contributed by atoms with van der Waals surface area (Å²) in [4.78, 5) is 23.6. The molecule has 6 aromatic rings. The van der Waals surface area contributed by atoms with Crippen LogP contribution < -0.4 is 10.1 Å². The van der Waals surface area contributed by atoms with Crippen LogP contribution in [0.25, 0.3) is 56.0 Å². The van der Waals surface area contributed by atoms with Crippen molar-refractivity contribution in [1.82, 2.24) is 40.0 Å². The third kappa shape index (κ3) is 6.92. The van der Waals surface area contributed by atoms with E-state index in [9.17, 15) is 9.50 Å². The lowest BCUT2D eigenvalue weighted by molar-refractivity contribution is 0.145. The Hall–Kier alpha value is -4.94. The van der Waals surface area contributed by atoms with E-state index in [0.29, 0.717) is 70.5 Å². The lowest BCUT2D eigenvalue weighted by Gasteiger charge is -2.23. The predicted molar refractivity (Wildman–Crippen MR) is 173 cm³/mol. The molecule has 0 aliphatic carbocycles. The number of aliphatic hydroxyl groups is 1. The molecule has 45 heavy (non-hydrogen) atoms. The van der Waals surface area contributed by atoms with E-state index >= 15 is 0 Å².